The summed E-state index contributed by atoms with van der Waals surface area (Å²) < 4.78 is 33.5. The molecule has 0 bridgehead atoms. The first-order valence-corrected chi connectivity index (χ1v) is 11.3. The molecule has 2 heterocycles. The van der Waals surface area contributed by atoms with E-state index in [0.717, 1.165) is 70.2 Å². The van der Waals surface area contributed by atoms with Crippen molar-refractivity contribution in [3.05, 3.63) is 11.9 Å². The minimum atomic E-state index is -3.43. The van der Waals surface area contributed by atoms with E-state index in [1.807, 2.05) is 9.63 Å². The van der Waals surface area contributed by atoms with Crippen LogP contribution in [0.4, 0.5) is 0 Å². The smallest absolute Gasteiger partial charge is 0.228 e. The molecule has 0 spiro atoms. The van der Waals surface area contributed by atoms with Crippen LogP contribution in [0.5, 0.6) is 0 Å². The van der Waals surface area contributed by atoms with E-state index >= 15 is 0 Å². The van der Waals surface area contributed by atoms with E-state index in [2.05, 4.69) is 4.98 Å². The summed E-state index contributed by atoms with van der Waals surface area (Å²) in [5, 5.41) is 1.80. The van der Waals surface area contributed by atoms with E-state index in [-0.39, 0.29) is 10.4 Å². The lowest BCUT2D eigenvalue weighted by Gasteiger charge is -2.26. The van der Waals surface area contributed by atoms with Gasteiger partial charge in [0.2, 0.25) is 15.0 Å². The summed E-state index contributed by atoms with van der Waals surface area (Å²) in [5.41, 5.74) is 0.871. The number of nitrogens with zero attached hydrogens (tertiary/aromatic N) is 3. The van der Waals surface area contributed by atoms with E-state index < -0.39 is 9.84 Å². The molecule has 2 aliphatic rings. The predicted octanol–water partition coefficient (Wildman–Crippen LogP) is 2.55. The van der Waals surface area contributed by atoms with Crippen molar-refractivity contribution in [1.29, 1.82) is 0 Å². The minimum absolute atomic E-state index is 0.202. The van der Waals surface area contributed by atoms with Gasteiger partial charge in [-0.25, -0.2) is 13.4 Å². The van der Waals surface area contributed by atoms with Gasteiger partial charge in [-0.15, -0.1) is 0 Å². The summed E-state index contributed by atoms with van der Waals surface area (Å²) in [5.74, 6) is 0. The molecule has 1 aliphatic heterocycles. The molecule has 1 saturated heterocycles. The predicted molar refractivity (Wildman–Crippen MR) is 98.4 cm³/mol. The first-order valence-electron chi connectivity index (χ1n) is 9.78. The largest absolute Gasteiger partial charge is 0.383 e. The molecular weight excluding hydrogens is 354 g/mol. The Morgan fingerprint density at radius 1 is 1.19 bits per heavy atom. The fourth-order valence-corrected chi connectivity index (χ4v) is 5.79. The molecule has 2 fully saturated rings. The van der Waals surface area contributed by atoms with Crippen LogP contribution in [-0.2, 0) is 32.5 Å². The van der Waals surface area contributed by atoms with E-state index in [9.17, 15) is 8.42 Å². The number of methoxy groups -OCH3 is 1. The third kappa shape index (κ3) is 4.65. The zero-order chi connectivity index (χ0) is 18.4. The SMILES string of the molecule is COCCn1c(CN2CCCCO2)cnc1S(=O)(=O)C1CCCCCC1. The Hall–Kier alpha value is -0.960. The highest BCUT2D eigenvalue weighted by Crippen LogP contribution is 2.28. The van der Waals surface area contributed by atoms with Crippen molar-refractivity contribution in [3.8, 4) is 0 Å². The monoisotopic (exact) mass is 385 g/mol. The standard InChI is InChI=1S/C18H31N3O4S/c1-24-13-11-21-16(15-20-10-6-7-12-25-20)14-19-18(21)26(22,23)17-8-4-2-3-5-9-17/h14,17H,2-13,15H2,1H3. The van der Waals surface area contributed by atoms with Gasteiger partial charge in [0.05, 0.1) is 36.9 Å². The number of ether oxygens (including phenoxy) is 1. The molecule has 0 amide bonds. The van der Waals surface area contributed by atoms with Crippen LogP contribution in [0.2, 0.25) is 0 Å². The molecular formula is C18H31N3O4S. The Balaban J connectivity index is 1.84. The highest BCUT2D eigenvalue weighted by molar-refractivity contribution is 7.91. The molecule has 0 aromatic carbocycles. The summed E-state index contributed by atoms with van der Waals surface area (Å²) >= 11 is 0. The molecule has 7 nitrogen and oxygen atoms in total. The van der Waals surface area contributed by atoms with Crippen molar-refractivity contribution in [1.82, 2.24) is 14.6 Å². The first-order chi connectivity index (χ1) is 12.6. The Kier molecular flexibility index (Phi) is 7.08. The molecule has 0 radical (unpaired) electrons. The number of imidazole rings is 1. The second kappa shape index (κ2) is 9.30. The Morgan fingerprint density at radius 3 is 2.62 bits per heavy atom. The average molecular weight is 386 g/mol. The van der Waals surface area contributed by atoms with Crippen LogP contribution in [0.15, 0.2) is 11.4 Å². The summed E-state index contributed by atoms with van der Waals surface area (Å²) in [6.45, 7) is 3.08. The maximum Gasteiger partial charge on any atom is 0.228 e. The van der Waals surface area contributed by atoms with Gasteiger partial charge in [-0.1, -0.05) is 25.7 Å². The molecule has 1 aromatic heterocycles. The van der Waals surface area contributed by atoms with Crippen molar-refractivity contribution in [2.24, 2.45) is 0 Å². The molecule has 1 aromatic rings. The zero-order valence-electron chi connectivity index (χ0n) is 15.7. The number of aromatic nitrogens is 2. The normalized spacial score (nSPS) is 21.0. The Morgan fingerprint density at radius 2 is 1.96 bits per heavy atom. The van der Waals surface area contributed by atoms with Crippen molar-refractivity contribution in [2.75, 3.05) is 26.9 Å². The van der Waals surface area contributed by atoms with E-state index in [1.54, 1.807) is 13.3 Å². The summed E-state index contributed by atoms with van der Waals surface area (Å²) in [4.78, 5) is 10.0. The molecule has 26 heavy (non-hydrogen) atoms. The van der Waals surface area contributed by atoms with Crippen molar-refractivity contribution in [3.63, 3.8) is 0 Å². The molecule has 1 saturated carbocycles. The second-order valence-electron chi connectivity index (χ2n) is 7.24. The first kappa shape index (κ1) is 19.8. The number of rotatable bonds is 7. The lowest BCUT2D eigenvalue weighted by atomic mass is 10.2. The van der Waals surface area contributed by atoms with Crippen LogP contribution in [0.3, 0.4) is 0 Å². The minimum Gasteiger partial charge on any atom is -0.383 e. The van der Waals surface area contributed by atoms with Crippen molar-refractivity contribution >= 4 is 9.84 Å². The number of hydrogen-bond donors (Lipinski definition) is 0. The van der Waals surface area contributed by atoms with Gasteiger partial charge in [0, 0.05) is 20.2 Å². The maximum atomic E-state index is 13.3. The number of hydroxylamine groups is 2. The molecule has 3 rings (SSSR count). The average Bonchev–Trinajstić information content (AvgIpc) is 2.85. The van der Waals surface area contributed by atoms with Crippen molar-refractivity contribution in [2.45, 2.75) is 74.9 Å². The lowest BCUT2D eigenvalue weighted by Crippen LogP contribution is -2.31. The second-order valence-corrected chi connectivity index (χ2v) is 9.36. The van der Waals surface area contributed by atoms with Crippen LogP contribution in [0.1, 0.15) is 57.1 Å². The molecule has 8 heteroatoms. The summed E-state index contributed by atoms with van der Waals surface area (Å²) in [6.07, 6.45) is 9.56. The van der Waals surface area contributed by atoms with Crippen molar-refractivity contribution < 1.29 is 18.0 Å². The van der Waals surface area contributed by atoms with Gasteiger partial charge in [-0.3, -0.25) is 4.84 Å². The van der Waals surface area contributed by atoms with Gasteiger partial charge in [-0.05, 0) is 25.7 Å². The molecule has 148 valence electrons. The van der Waals surface area contributed by atoms with E-state index in [4.69, 9.17) is 9.57 Å². The van der Waals surface area contributed by atoms with E-state index in [1.165, 1.54) is 0 Å². The Bertz CT molecular complexity index is 660. The fraction of sp³-hybridized carbons (Fsp3) is 0.833. The van der Waals surface area contributed by atoms with Crippen LogP contribution in [0, 0.1) is 0 Å². The Labute approximate surface area is 156 Å². The van der Waals surface area contributed by atoms with Crippen LogP contribution >= 0.6 is 0 Å². The topological polar surface area (TPSA) is 73.7 Å². The van der Waals surface area contributed by atoms with E-state index in [0.29, 0.717) is 19.7 Å². The van der Waals surface area contributed by atoms with Gasteiger partial charge in [0.25, 0.3) is 0 Å². The van der Waals surface area contributed by atoms with Crippen LogP contribution < -0.4 is 0 Å². The number of hydrogen-bond acceptors (Lipinski definition) is 6. The third-order valence-electron chi connectivity index (χ3n) is 5.33. The molecule has 0 N–H and O–H groups in total. The molecule has 0 atom stereocenters. The zero-order valence-corrected chi connectivity index (χ0v) is 16.5. The van der Waals surface area contributed by atoms with Crippen LogP contribution in [0.25, 0.3) is 0 Å². The maximum absolute atomic E-state index is 13.3. The summed E-state index contributed by atoms with van der Waals surface area (Å²) in [7, 11) is -1.80. The van der Waals surface area contributed by atoms with Gasteiger partial charge >= 0.3 is 0 Å². The number of sulfone groups is 1. The van der Waals surface area contributed by atoms with Gasteiger partial charge in [-0.2, -0.15) is 5.06 Å². The highest BCUT2D eigenvalue weighted by Gasteiger charge is 2.33. The highest BCUT2D eigenvalue weighted by atomic mass is 32.2. The summed E-state index contributed by atoms with van der Waals surface area (Å²) in [6, 6.07) is 0. The van der Waals surface area contributed by atoms with Crippen LogP contribution in [-0.4, -0.2) is 55.2 Å². The lowest BCUT2D eigenvalue weighted by molar-refractivity contribution is -0.188. The van der Waals surface area contributed by atoms with Gasteiger partial charge in [0.1, 0.15) is 0 Å². The quantitative estimate of drug-likeness (QED) is 0.672. The molecule has 0 unspecified atom stereocenters. The third-order valence-corrected chi connectivity index (χ3v) is 7.51. The fourth-order valence-electron chi connectivity index (χ4n) is 3.82. The van der Waals surface area contributed by atoms with Gasteiger partial charge < -0.3 is 9.30 Å². The van der Waals surface area contributed by atoms with Gasteiger partial charge in [0.15, 0.2) is 0 Å². The molecule has 1 aliphatic carbocycles.